The molecule has 2 aromatic heterocycles. The van der Waals surface area contributed by atoms with Crippen molar-refractivity contribution in [3.63, 3.8) is 0 Å². The monoisotopic (exact) mass is 880 g/mol. The van der Waals surface area contributed by atoms with Crippen LogP contribution in [0.5, 0.6) is 0 Å². The molecule has 0 saturated carbocycles. The Balaban J connectivity index is 1.44. The van der Waals surface area contributed by atoms with Gasteiger partial charge in [-0.3, -0.25) is 29.8 Å². The van der Waals surface area contributed by atoms with Crippen molar-refractivity contribution in [3.05, 3.63) is 64.6 Å². The standard InChI is InChI=1S/C38H57ClN10O12/c39-34-36(41)47-35(40)29(46-34)37(61)48-38(42)44-12-2-1-3-20-4-8-22(9-5-20)23-10-6-21(15-45-23)7-11-28(56)43-13-14-49(16-24(52)30(57)32(59)26(54)18-50)17-25(53)31(58)33(60)27(55)19-51/h4-6,8-10,15,24-27,30-33,50-55,57-60H,1-3,7,11-14,16-19H2,(H,43,56)(H4,40,41,47)(H3,42,44,48,61)/t24-,25-,26+,27+,30+,31+,32+,33+/m0/s1. The number of hydrogen-bond acceptors (Lipinski definition) is 19. The maximum Gasteiger partial charge on any atom is 0.280 e. The van der Waals surface area contributed by atoms with Crippen molar-refractivity contribution in [1.29, 1.82) is 0 Å². The first-order chi connectivity index (χ1) is 28.9. The number of guanidine groups is 1. The number of aliphatic hydroxyl groups is 10. The fourth-order valence-electron chi connectivity index (χ4n) is 5.88. The Morgan fingerprint density at radius 3 is 1.89 bits per heavy atom. The van der Waals surface area contributed by atoms with E-state index in [-0.39, 0.29) is 53.9 Å². The Morgan fingerprint density at radius 1 is 0.754 bits per heavy atom. The van der Waals surface area contributed by atoms with Crippen LogP contribution >= 0.6 is 11.6 Å². The molecule has 0 fully saturated rings. The summed E-state index contributed by atoms with van der Waals surface area (Å²) < 4.78 is 0. The Labute approximate surface area is 356 Å². The van der Waals surface area contributed by atoms with Crippen LogP contribution in [-0.2, 0) is 17.6 Å². The van der Waals surface area contributed by atoms with E-state index in [1.54, 1.807) is 6.20 Å². The number of benzene rings is 1. The third-order valence-electron chi connectivity index (χ3n) is 9.52. The predicted octanol–water partition coefficient (Wildman–Crippen LogP) is -4.35. The lowest BCUT2D eigenvalue weighted by atomic mass is 10.0. The van der Waals surface area contributed by atoms with E-state index >= 15 is 0 Å². The summed E-state index contributed by atoms with van der Waals surface area (Å²) in [4.78, 5) is 42.6. The molecule has 0 saturated heterocycles. The number of nitrogens with one attached hydrogen (secondary N) is 2. The third-order valence-corrected chi connectivity index (χ3v) is 9.80. The largest absolute Gasteiger partial charge is 0.394 e. The summed E-state index contributed by atoms with van der Waals surface area (Å²) in [5.41, 5.74) is 20.3. The molecule has 0 bridgehead atoms. The first-order valence-electron chi connectivity index (χ1n) is 19.3. The van der Waals surface area contributed by atoms with Gasteiger partial charge < -0.3 is 73.6 Å². The van der Waals surface area contributed by atoms with Gasteiger partial charge in [0.05, 0.1) is 31.1 Å². The highest BCUT2D eigenvalue weighted by molar-refractivity contribution is 6.31. The van der Waals surface area contributed by atoms with E-state index in [1.165, 1.54) is 4.90 Å². The Hall–Kier alpha value is -4.69. The van der Waals surface area contributed by atoms with Gasteiger partial charge in [0.1, 0.15) is 36.6 Å². The van der Waals surface area contributed by atoms with Crippen LogP contribution in [0.15, 0.2) is 47.6 Å². The minimum atomic E-state index is -1.93. The zero-order valence-corrected chi connectivity index (χ0v) is 34.0. The van der Waals surface area contributed by atoms with Gasteiger partial charge in [-0.25, -0.2) is 9.97 Å². The molecule has 61 heavy (non-hydrogen) atoms. The summed E-state index contributed by atoms with van der Waals surface area (Å²) in [5.74, 6) is -1.45. The topological polar surface area (TPSA) is 393 Å². The second-order valence-electron chi connectivity index (χ2n) is 14.3. The average Bonchev–Trinajstić information content (AvgIpc) is 3.25. The van der Waals surface area contributed by atoms with Gasteiger partial charge in [-0.15, -0.1) is 0 Å². The number of nitrogens with two attached hydrogens (primary N) is 3. The van der Waals surface area contributed by atoms with Crippen molar-refractivity contribution >= 4 is 41.0 Å². The third kappa shape index (κ3) is 16.3. The van der Waals surface area contributed by atoms with Gasteiger partial charge in [0.25, 0.3) is 5.91 Å². The smallest absolute Gasteiger partial charge is 0.280 e. The second kappa shape index (κ2) is 25.3. The summed E-state index contributed by atoms with van der Waals surface area (Å²) in [6, 6.07) is 11.6. The minimum absolute atomic E-state index is 0.0293. The molecule has 22 nitrogen and oxygen atoms in total. The zero-order chi connectivity index (χ0) is 45.2. The number of pyridine rings is 1. The number of hydrogen-bond donors (Lipinski definition) is 15. The second-order valence-corrected chi connectivity index (χ2v) is 14.6. The normalized spacial score (nSPS) is 16.0. The first kappa shape index (κ1) is 50.7. The molecule has 338 valence electrons. The number of anilines is 2. The highest BCUT2D eigenvalue weighted by atomic mass is 35.5. The molecule has 0 aliphatic carbocycles. The number of aliphatic imine (C=N–C) groups is 1. The van der Waals surface area contributed by atoms with Gasteiger partial charge in [0.15, 0.2) is 28.4 Å². The first-order valence-corrected chi connectivity index (χ1v) is 19.7. The van der Waals surface area contributed by atoms with Gasteiger partial charge in [-0.1, -0.05) is 41.9 Å². The summed E-state index contributed by atoms with van der Waals surface area (Å²) >= 11 is 5.82. The molecule has 18 N–H and O–H groups in total. The minimum Gasteiger partial charge on any atom is -0.394 e. The number of amides is 2. The number of nitrogen functional groups attached to an aromatic ring is 2. The molecule has 1 aromatic carbocycles. The van der Waals surface area contributed by atoms with E-state index in [0.717, 1.165) is 35.2 Å². The highest BCUT2D eigenvalue weighted by Gasteiger charge is 2.34. The predicted molar refractivity (Wildman–Crippen MR) is 222 cm³/mol. The molecular formula is C38H57ClN10O12. The molecule has 0 unspecified atom stereocenters. The highest BCUT2D eigenvalue weighted by Crippen LogP contribution is 2.20. The lowest BCUT2D eigenvalue weighted by Crippen LogP contribution is -2.54. The Kier molecular flexibility index (Phi) is 21.0. The quantitative estimate of drug-likeness (QED) is 0.0217. The fourth-order valence-corrected chi connectivity index (χ4v) is 6.00. The molecule has 0 aliphatic rings. The van der Waals surface area contributed by atoms with Crippen LogP contribution in [0.1, 0.15) is 40.9 Å². The Bertz CT molecular complexity index is 1820. The van der Waals surface area contributed by atoms with Crippen molar-refractivity contribution in [2.24, 2.45) is 10.7 Å². The maximum absolute atomic E-state index is 12.7. The van der Waals surface area contributed by atoms with Crippen LogP contribution in [0.3, 0.4) is 0 Å². The molecule has 0 spiro atoms. The fraction of sp³-hybridized carbons (Fsp3) is 0.526. The SMILES string of the molecule is NC(=NCCCCc1ccc(-c2ccc(CCC(=O)NCCN(C[C@H](O)[C@@H](O)[C@H](O)[C@H](O)CO)C[C@H](O)[C@@H](O)[C@H](O)[C@H](O)CO)cn2)cc1)NC(=O)c1nc(Cl)c(N)nc1N. The molecule has 3 rings (SSSR count). The molecule has 2 amide bonds. The van der Waals surface area contributed by atoms with E-state index in [4.69, 9.17) is 39.0 Å². The Morgan fingerprint density at radius 2 is 1.33 bits per heavy atom. The number of aliphatic hydroxyl groups excluding tert-OH is 10. The van der Waals surface area contributed by atoms with E-state index in [9.17, 15) is 50.4 Å². The van der Waals surface area contributed by atoms with Crippen LogP contribution in [0, 0.1) is 0 Å². The number of rotatable bonds is 25. The van der Waals surface area contributed by atoms with Crippen molar-refractivity contribution < 1.29 is 60.7 Å². The van der Waals surface area contributed by atoms with Crippen LogP contribution in [0.25, 0.3) is 11.3 Å². The van der Waals surface area contributed by atoms with Crippen molar-refractivity contribution in [3.8, 4) is 11.3 Å². The number of carbonyl (C=O) groups excluding carboxylic acids is 2. The molecule has 23 heteroatoms. The van der Waals surface area contributed by atoms with Crippen LogP contribution < -0.4 is 27.8 Å². The lowest BCUT2D eigenvalue weighted by Gasteiger charge is -2.33. The molecule has 3 aromatic rings. The van der Waals surface area contributed by atoms with Crippen LogP contribution in [0.4, 0.5) is 11.6 Å². The van der Waals surface area contributed by atoms with E-state index in [2.05, 4.69) is 30.6 Å². The summed E-state index contributed by atoms with van der Waals surface area (Å²) in [6.45, 7) is -2.42. The van der Waals surface area contributed by atoms with Gasteiger partial charge in [0, 0.05) is 50.9 Å². The average molecular weight is 881 g/mol. The molecule has 2 heterocycles. The summed E-state index contributed by atoms with van der Waals surface area (Å²) in [5, 5.41) is 104. The summed E-state index contributed by atoms with van der Waals surface area (Å²) in [6.07, 6.45) is -10.3. The van der Waals surface area contributed by atoms with Gasteiger partial charge >= 0.3 is 0 Å². The van der Waals surface area contributed by atoms with Crippen molar-refractivity contribution in [1.82, 2.24) is 30.5 Å². The molecule has 0 aliphatic heterocycles. The van der Waals surface area contributed by atoms with Gasteiger partial charge in [-0.05, 0) is 42.9 Å². The van der Waals surface area contributed by atoms with Crippen LogP contribution in [-0.4, -0.2) is 183 Å². The van der Waals surface area contributed by atoms with Gasteiger partial charge in [-0.2, -0.15) is 0 Å². The van der Waals surface area contributed by atoms with E-state index in [1.807, 2.05) is 36.4 Å². The lowest BCUT2D eigenvalue weighted by molar-refractivity contribution is -0.130. The van der Waals surface area contributed by atoms with Crippen molar-refractivity contribution in [2.45, 2.75) is 80.9 Å². The van der Waals surface area contributed by atoms with Crippen molar-refractivity contribution in [2.75, 3.05) is 57.4 Å². The number of aryl methyl sites for hydroxylation is 2. The maximum atomic E-state index is 12.7. The molecular weight excluding hydrogens is 824 g/mol. The number of carbonyl (C=O) groups is 2. The molecule has 8 atom stereocenters. The zero-order valence-electron chi connectivity index (χ0n) is 33.3. The van der Waals surface area contributed by atoms with E-state index in [0.29, 0.717) is 19.4 Å². The van der Waals surface area contributed by atoms with Crippen LogP contribution in [0.2, 0.25) is 5.15 Å². The number of aromatic nitrogens is 3. The van der Waals surface area contributed by atoms with Gasteiger partial charge in [0.2, 0.25) is 5.91 Å². The number of unbranched alkanes of at least 4 members (excludes halogenated alkanes) is 1. The molecule has 0 radical (unpaired) electrons. The number of halogens is 1. The number of nitrogens with zero attached hydrogens (tertiary/aromatic N) is 5. The summed E-state index contributed by atoms with van der Waals surface area (Å²) in [7, 11) is 0. The van der Waals surface area contributed by atoms with E-state index < -0.39 is 81.0 Å².